The molecular weight excluding hydrogens is 157 g/mol. The Kier molecular flexibility index (Phi) is 3.54. The van der Waals surface area contributed by atoms with Crippen molar-refractivity contribution in [3.05, 3.63) is 30.1 Å². The van der Waals surface area contributed by atoms with Crippen LogP contribution in [0.3, 0.4) is 0 Å². The van der Waals surface area contributed by atoms with Gasteiger partial charge in [-0.3, -0.25) is 0 Å². The predicted octanol–water partition coefficient (Wildman–Crippen LogP) is 1.55. The van der Waals surface area contributed by atoms with Gasteiger partial charge in [-0.05, 0) is 25.1 Å². The SMILES string of the molecule is NCCCOc1cccc(F)c1. The number of halogens is 1. The summed E-state index contributed by atoms with van der Waals surface area (Å²) in [7, 11) is 0. The first-order chi connectivity index (χ1) is 5.83. The van der Waals surface area contributed by atoms with Crippen molar-refractivity contribution < 1.29 is 9.13 Å². The quantitative estimate of drug-likeness (QED) is 0.694. The standard InChI is InChI=1S/C9H12FNO/c10-8-3-1-4-9(7-8)12-6-2-5-11/h1,3-4,7H,2,5-6,11H2. The van der Waals surface area contributed by atoms with E-state index in [0.29, 0.717) is 18.9 Å². The van der Waals surface area contributed by atoms with Gasteiger partial charge in [-0.1, -0.05) is 6.07 Å². The zero-order valence-corrected chi connectivity index (χ0v) is 6.79. The van der Waals surface area contributed by atoms with Crippen molar-refractivity contribution in [1.82, 2.24) is 0 Å². The molecule has 0 aliphatic rings. The van der Waals surface area contributed by atoms with Crippen molar-refractivity contribution in [1.29, 1.82) is 0 Å². The van der Waals surface area contributed by atoms with E-state index in [9.17, 15) is 4.39 Å². The number of rotatable bonds is 4. The normalized spacial score (nSPS) is 9.83. The molecule has 0 heterocycles. The maximum absolute atomic E-state index is 12.6. The lowest BCUT2D eigenvalue weighted by Crippen LogP contribution is -2.06. The van der Waals surface area contributed by atoms with Crippen LogP contribution in [0, 0.1) is 5.82 Å². The highest BCUT2D eigenvalue weighted by Gasteiger charge is 1.94. The number of hydrogen-bond donors (Lipinski definition) is 1. The van der Waals surface area contributed by atoms with Crippen molar-refractivity contribution in [2.45, 2.75) is 6.42 Å². The van der Waals surface area contributed by atoms with E-state index in [1.807, 2.05) is 0 Å². The Bertz CT molecular complexity index is 240. The number of nitrogens with two attached hydrogens (primary N) is 1. The molecule has 0 amide bonds. The fourth-order valence-corrected chi connectivity index (χ4v) is 0.830. The molecule has 12 heavy (non-hydrogen) atoms. The molecule has 0 bridgehead atoms. The summed E-state index contributed by atoms with van der Waals surface area (Å²) in [5.74, 6) is 0.281. The van der Waals surface area contributed by atoms with Crippen LogP contribution in [0.25, 0.3) is 0 Å². The van der Waals surface area contributed by atoms with Crippen LogP contribution < -0.4 is 10.5 Å². The maximum Gasteiger partial charge on any atom is 0.126 e. The van der Waals surface area contributed by atoms with E-state index in [2.05, 4.69) is 0 Å². The van der Waals surface area contributed by atoms with Gasteiger partial charge in [0.25, 0.3) is 0 Å². The van der Waals surface area contributed by atoms with Crippen LogP contribution in [0.4, 0.5) is 4.39 Å². The van der Waals surface area contributed by atoms with Crippen LogP contribution in [0.5, 0.6) is 5.75 Å². The van der Waals surface area contributed by atoms with E-state index >= 15 is 0 Å². The van der Waals surface area contributed by atoms with Crippen molar-refractivity contribution in [3.8, 4) is 5.75 Å². The second kappa shape index (κ2) is 4.72. The van der Waals surface area contributed by atoms with Gasteiger partial charge in [0.05, 0.1) is 6.61 Å². The van der Waals surface area contributed by atoms with Crippen LogP contribution >= 0.6 is 0 Å². The highest BCUT2D eigenvalue weighted by Crippen LogP contribution is 2.11. The van der Waals surface area contributed by atoms with Crippen molar-refractivity contribution in [3.63, 3.8) is 0 Å². The van der Waals surface area contributed by atoms with Crippen molar-refractivity contribution in [2.75, 3.05) is 13.2 Å². The molecule has 2 N–H and O–H groups in total. The van der Waals surface area contributed by atoms with Gasteiger partial charge in [0.2, 0.25) is 0 Å². The van der Waals surface area contributed by atoms with E-state index in [1.54, 1.807) is 12.1 Å². The van der Waals surface area contributed by atoms with Gasteiger partial charge in [0, 0.05) is 6.07 Å². The van der Waals surface area contributed by atoms with E-state index in [-0.39, 0.29) is 5.82 Å². The topological polar surface area (TPSA) is 35.2 Å². The number of hydrogen-bond acceptors (Lipinski definition) is 2. The van der Waals surface area contributed by atoms with Gasteiger partial charge in [-0.25, -0.2) is 4.39 Å². The van der Waals surface area contributed by atoms with Crippen LogP contribution in [-0.4, -0.2) is 13.2 Å². The Balaban J connectivity index is 2.41. The molecule has 0 saturated heterocycles. The molecule has 1 rings (SSSR count). The number of benzene rings is 1. The van der Waals surface area contributed by atoms with Crippen LogP contribution in [-0.2, 0) is 0 Å². The third-order valence-electron chi connectivity index (χ3n) is 1.41. The highest BCUT2D eigenvalue weighted by molar-refractivity contribution is 5.22. The van der Waals surface area contributed by atoms with Crippen LogP contribution in [0.2, 0.25) is 0 Å². The molecule has 0 fully saturated rings. The molecule has 0 spiro atoms. The zero-order chi connectivity index (χ0) is 8.81. The Morgan fingerprint density at radius 2 is 2.25 bits per heavy atom. The molecule has 0 saturated carbocycles. The fraction of sp³-hybridized carbons (Fsp3) is 0.333. The second-order valence-electron chi connectivity index (χ2n) is 2.45. The minimum atomic E-state index is -0.278. The maximum atomic E-state index is 12.6. The Morgan fingerprint density at radius 1 is 1.42 bits per heavy atom. The predicted molar refractivity (Wildman–Crippen MR) is 45.6 cm³/mol. The molecule has 1 aromatic carbocycles. The summed E-state index contributed by atoms with van der Waals surface area (Å²) in [6, 6.07) is 6.08. The lowest BCUT2D eigenvalue weighted by molar-refractivity contribution is 0.312. The first-order valence-corrected chi connectivity index (χ1v) is 3.91. The van der Waals surface area contributed by atoms with Gasteiger partial charge in [0.15, 0.2) is 0 Å². The fourth-order valence-electron chi connectivity index (χ4n) is 0.830. The molecule has 0 aromatic heterocycles. The Morgan fingerprint density at radius 3 is 2.92 bits per heavy atom. The summed E-state index contributed by atoms with van der Waals surface area (Å²) in [5.41, 5.74) is 5.27. The van der Waals surface area contributed by atoms with Gasteiger partial charge >= 0.3 is 0 Å². The summed E-state index contributed by atoms with van der Waals surface area (Å²) in [6.45, 7) is 1.13. The molecule has 0 radical (unpaired) electrons. The molecule has 3 heteroatoms. The molecule has 0 unspecified atom stereocenters. The van der Waals surface area contributed by atoms with Gasteiger partial charge in [-0.15, -0.1) is 0 Å². The third-order valence-corrected chi connectivity index (χ3v) is 1.41. The Hall–Kier alpha value is -1.09. The van der Waals surface area contributed by atoms with Gasteiger partial charge < -0.3 is 10.5 Å². The molecule has 0 atom stereocenters. The third kappa shape index (κ3) is 2.88. The summed E-state index contributed by atoms with van der Waals surface area (Å²) < 4.78 is 17.8. The largest absolute Gasteiger partial charge is 0.493 e. The average Bonchev–Trinajstić information content (AvgIpc) is 2.05. The summed E-state index contributed by atoms with van der Waals surface area (Å²) in [6.07, 6.45) is 0.788. The zero-order valence-electron chi connectivity index (χ0n) is 6.79. The highest BCUT2D eigenvalue weighted by atomic mass is 19.1. The monoisotopic (exact) mass is 169 g/mol. The summed E-state index contributed by atoms with van der Waals surface area (Å²) in [4.78, 5) is 0. The van der Waals surface area contributed by atoms with E-state index in [0.717, 1.165) is 6.42 Å². The van der Waals surface area contributed by atoms with Crippen molar-refractivity contribution in [2.24, 2.45) is 5.73 Å². The van der Waals surface area contributed by atoms with E-state index in [4.69, 9.17) is 10.5 Å². The lowest BCUT2D eigenvalue weighted by Gasteiger charge is -2.03. The van der Waals surface area contributed by atoms with Crippen LogP contribution in [0.15, 0.2) is 24.3 Å². The van der Waals surface area contributed by atoms with E-state index in [1.165, 1.54) is 12.1 Å². The molecule has 1 aromatic rings. The molecule has 0 aliphatic carbocycles. The summed E-state index contributed by atoms with van der Waals surface area (Å²) in [5, 5.41) is 0. The average molecular weight is 169 g/mol. The van der Waals surface area contributed by atoms with Crippen LogP contribution in [0.1, 0.15) is 6.42 Å². The second-order valence-corrected chi connectivity index (χ2v) is 2.45. The molecule has 0 aliphatic heterocycles. The van der Waals surface area contributed by atoms with E-state index < -0.39 is 0 Å². The van der Waals surface area contributed by atoms with Gasteiger partial charge in [0.1, 0.15) is 11.6 Å². The molecule has 2 nitrogen and oxygen atoms in total. The number of ether oxygens (including phenoxy) is 1. The first kappa shape index (κ1) is 9.00. The molecular formula is C9H12FNO. The minimum Gasteiger partial charge on any atom is -0.493 e. The van der Waals surface area contributed by atoms with Crippen molar-refractivity contribution >= 4 is 0 Å². The minimum absolute atomic E-state index is 0.278. The first-order valence-electron chi connectivity index (χ1n) is 3.91. The smallest absolute Gasteiger partial charge is 0.126 e. The molecule has 66 valence electrons. The summed E-state index contributed by atoms with van der Waals surface area (Å²) >= 11 is 0. The Labute approximate surface area is 71.1 Å². The van der Waals surface area contributed by atoms with Gasteiger partial charge in [-0.2, -0.15) is 0 Å². The lowest BCUT2D eigenvalue weighted by atomic mass is 10.3.